The predicted molar refractivity (Wildman–Crippen MR) is 90.9 cm³/mol. The number of rotatable bonds is 3. The van der Waals surface area contributed by atoms with Gasteiger partial charge in [0.1, 0.15) is 5.78 Å². The highest BCUT2D eigenvalue weighted by Crippen LogP contribution is 2.40. The minimum absolute atomic E-state index is 0.00965. The van der Waals surface area contributed by atoms with Gasteiger partial charge in [-0.15, -0.1) is 0 Å². The first-order valence-electron chi connectivity index (χ1n) is 8.34. The molecule has 0 N–H and O–H groups in total. The second-order valence-electron chi connectivity index (χ2n) is 6.36. The van der Waals surface area contributed by atoms with Crippen LogP contribution in [0.5, 0.6) is 11.5 Å². The van der Waals surface area contributed by atoms with E-state index in [9.17, 15) is 14.9 Å². The maximum Gasteiger partial charge on any atom is 0.273 e. The van der Waals surface area contributed by atoms with Gasteiger partial charge in [-0.3, -0.25) is 14.9 Å². The Hall–Kier alpha value is -2.89. The van der Waals surface area contributed by atoms with Crippen molar-refractivity contribution in [3.05, 3.63) is 52.1 Å². The van der Waals surface area contributed by atoms with Crippen LogP contribution in [0.3, 0.4) is 0 Å². The monoisotopic (exact) mass is 339 g/mol. The Morgan fingerprint density at radius 1 is 1.00 bits per heavy atom. The third-order valence-electron chi connectivity index (χ3n) is 4.86. The molecule has 1 fully saturated rings. The van der Waals surface area contributed by atoms with Crippen LogP contribution in [-0.2, 0) is 4.79 Å². The second kappa shape index (κ2) is 6.20. The molecule has 0 bridgehead atoms. The highest BCUT2D eigenvalue weighted by Gasteiger charge is 2.30. The van der Waals surface area contributed by atoms with Crippen molar-refractivity contribution < 1.29 is 19.2 Å². The van der Waals surface area contributed by atoms with Gasteiger partial charge in [-0.05, 0) is 36.1 Å². The van der Waals surface area contributed by atoms with Gasteiger partial charge in [-0.1, -0.05) is 24.6 Å². The first-order chi connectivity index (χ1) is 12.1. The average Bonchev–Trinajstić information content (AvgIpc) is 3.09. The molecule has 1 saturated carbocycles. The van der Waals surface area contributed by atoms with E-state index >= 15 is 0 Å². The Morgan fingerprint density at radius 2 is 1.76 bits per heavy atom. The maximum absolute atomic E-state index is 12.2. The van der Waals surface area contributed by atoms with Crippen LogP contribution in [0.4, 0.5) is 5.69 Å². The highest BCUT2D eigenvalue weighted by molar-refractivity contribution is 5.88. The number of hydrogen-bond donors (Lipinski definition) is 0. The van der Waals surface area contributed by atoms with E-state index in [2.05, 4.69) is 0 Å². The van der Waals surface area contributed by atoms with Crippen LogP contribution >= 0.6 is 0 Å². The van der Waals surface area contributed by atoms with Crippen molar-refractivity contribution in [1.82, 2.24) is 0 Å². The summed E-state index contributed by atoms with van der Waals surface area (Å²) in [5, 5.41) is 11.6. The molecular formula is C19H17NO5. The van der Waals surface area contributed by atoms with Crippen LogP contribution in [0.2, 0.25) is 0 Å². The highest BCUT2D eigenvalue weighted by atomic mass is 16.7. The van der Waals surface area contributed by atoms with Gasteiger partial charge in [0.2, 0.25) is 6.79 Å². The largest absolute Gasteiger partial charge is 0.454 e. The number of carbonyl (C=O) groups excluding carboxylic acids is 1. The molecule has 0 aromatic heterocycles. The van der Waals surface area contributed by atoms with Gasteiger partial charge in [0.05, 0.1) is 4.92 Å². The molecule has 0 amide bonds. The van der Waals surface area contributed by atoms with E-state index in [-0.39, 0.29) is 24.2 Å². The fourth-order valence-corrected chi connectivity index (χ4v) is 3.56. The van der Waals surface area contributed by atoms with Gasteiger partial charge in [-0.25, -0.2) is 0 Å². The van der Waals surface area contributed by atoms with Crippen molar-refractivity contribution >= 4 is 11.5 Å². The number of ether oxygens (including phenoxy) is 2. The van der Waals surface area contributed by atoms with Crippen molar-refractivity contribution in [1.29, 1.82) is 0 Å². The molecule has 2 aromatic rings. The van der Waals surface area contributed by atoms with E-state index in [4.69, 9.17) is 9.47 Å². The number of nitrogens with zero attached hydrogens (tertiary/aromatic N) is 1. The Labute approximate surface area is 144 Å². The van der Waals surface area contributed by atoms with E-state index in [1.807, 2.05) is 18.2 Å². The third-order valence-corrected chi connectivity index (χ3v) is 4.86. The fourth-order valence-electron chi connectivity index (χ4n) is 3.56. The van der Waals surface area contributed by atoms with Crippen LogP contribution < -0.4 is 9.47 Å². The summed E-state index contributed by atoms with van der Waals surface area (Å²) in [6.45, 7) is 0.182. The molecule has 6 heteroatoms. The second-order valence-corrected chi connectivity index (χ2v) is 6.36. The van der Waals surface area contributed by atoms with Crippen molar-refractivity contribution in [3.8, 4) is 22.6 Å². The number of carbonyl (C=O) groups is 1. The lowest BCUT2D eigenvalue weighted by Gasteiger charge is -2.21. The molecule has 6 nitrogen and oxygen atoms in total. The summed E-state index contributed by atoms with van der Waals surface area (Å²) in [7, 11) is 0. The minimum atomic E-state index is -0.395. The maximum atomic E-state index is 12.2. The van der Waals surface area contributed by atoms with Gasteiger partial charge in [0.15, 0.2) is 11.5 Å². The Bertz CT molecular complexity index is 861. The molecular weight excluding hydrogens is 322 g/mol. The van der Waals surface area contributed by atoms with Gasteiger partial charge in [-0.2, -0.15) is 0 Å². The molecule has 0 spiro atoms. The standard InChI is InChI=1S/C19H17NO5/c21-17-4-2-1-3-15(17)14-7-5-12(9-16(14)20(22)23)13-6-8-18-19(10-13)25-11-24-18/h5-10,15H,1-4,11H2. The van der Waals surface area contributed by atoms with E-state index in [0.717, 1.165) is 24.0 Å². The van der Waals surface area contributed by atoms with E-state index < -0.39 is 4.92 Å². The van der Waals surface area contributed by atoms with E-state index in [0.29, 0.717) is 29.9 Å². The van der Waals surface area contributed by atoms with Gasteiger partial charge >= 0.3 is 0 Å². The summed E-state index contributed by atoms with van der Waals surface area (Å²) in [4.78, 5) is 23.4. The van der Waals surface area contributed by atoms with Crippen LogP contribution in [0.25, 0.3) is 11.1 Å². The molecule has 25 heavy (non-hydrogen) atoms. The van der Waals surface area contributed by atoms with Crippen LogP contribution in [0.1, 0.15) is 37.2 Å². The fraction of sp³-hybridized carbons (Fsp3) is 0.316. The number of nitro benzene ring substituents is 1. The van der Waals surface area contributed by atoms with Gasteiger partial charge in [0.25, 0.3) is 5.69 Å². The van der Waals surface area contributed by atoms with Crippen molar-refractivity contribution in [3.63, 3.8) is 0 Å². The smallest absolute Gasteiger partial charge is 0.273 e. The Balaban J connectivity index is 1.75. The molecule has 1 heterocycles. The number of benzene rings is 2. The van der Waals surface area contributed by atoms with Crippen LogP contribution in [-0.4, -0.2) is 17.5 Å². The molecule has 128 valence electrons. The summed E-state index contributed by atoms with van der Waals surface area (Å²) in [5.74, 6) is 1.04. The molecule has 1 unspecified atom stereocenters. The molecule has 1 aliphatic heterocycles. The van der Waals surface area contributed by atoms with Crippen LogP contribution in [0, 0.1) is 10.1 Å². The zero-order chi connectivity index (χ0) is 17.4. The summed E-state index contributed by atoms with van der Waals surface area (Å²) < 4.78 is 10.7. The minimum Gasteiger partial charge on any atom is -0.454 e. The molecule has 2 aliphatic rings. The molecule has 1 atom stereocenters. The molecule has 4 rings (SSSR count). The normalized spacial score (nSPS) is 19.0. The molecule has 0 radical (unpaired) electrons. The van der Waals surface area contributed by atoms with Crippen molar-refractivity contribution in [2.75, 3.05) is 6.79 Å². The van der Waals surface area contributed by atoms with Gasteiger partial charge < -0.3 is 9.47 Å². The molecule has 2 aromatic carbocycles. The lowest BCUT2D eigenvalue weighted by Crippen LogP contribution is -2.18. The Kier molecular flexibility index (Phi) is 3.87. The van der Waals surface area contributed by atoms with Crippen LogP contribution in [0.15, 0.2) is 36.4 Å². The van der Waals surface area contributed by atoms with Crippen molar-refractivity contribution in [2.45, 2.75) is 31.6 Å². The SMILES string of the molecule is O=C1CCCCC1c1ccc(-c2ccc3c(c2)OCO3)cc1[N+](=O)[O-]. The summed E-state index contributed by atoms with van der Waals surface area (Å²) in [5.41, 5.74) is 2.07. The number of ketones is 1. The van der Waals surface area contributed by atoms with E-state index in [1.165, 1.54) is 0 Å². The third kappa shape index (κ3) is 2.84. The zero-order valence-electron chi connectivity index (χ0n) is 13.6. The average molecular weight is 339 g/mol. The summed E-state index contributed by atoms with van der Waals surface area (Å²) >= 11 is 0. The van der Waals surface area contributed by atoms with E-state index in [1.54, 1.807) is 18.2 Å². The first kappa shape index (κ1) is 15.6. The number of Topliss-reactive ketones (excluding diaryl/α,β-unsaturated/α-hetero) is 1. The topological polar surface area (TPSA) is 78.7 Å². The van der Waals surface area contributed by atoms with Gasteiger partial charge in [0, 0.05) is 24.0 Å². The zero-order valence-corrected chi connectivity index (χ0v) is 13.6. The lowest BCUT2D eigenvalue weighted by molar-refractivity contribution is -0.385. The first-order valence-corrected chi connectivity index (χ1v) is 8.34. The molecule has 0 saturated heterocycles. The van der Waals surface area contributed by atoms with Crippen molar-refractivity contribution in [2.24, 2.45) is 0 Å². The lowest BCUT2D eigenvalue weighted by atomic mass is 9.81. The number of fused-ring (bicyclic) bond motifs is 1. The summed E-state index contributed by atoms with van der Waals surface area (Å²) in [6, 6.07) is 10.6. The number of hydrogen-bond acceptors (Lipinski definition) is 5. The molecule has 1 aliphatic carbocycles. The predicted octanol–water partition coefficient (Wildman–Crippen LogP) is 4.22. The quantitative estimate of drug-likeness (QED) is 0.618. The Morgan fingerprint density at radius 3 is 2.56 bits per heavy atom. The summed E-state index contributed by atoms with van der Waals surface area (Å²) in [6.07, 6.45) is 2.99. The number of nitro groups is 1.